The summed E-state index contributed by atoms with van der Waals surface area (Å²) in [6.45, 7) is 0.675. The van der Waals surface area contributed by atoms with E-state index in [1.165, 1.54) is 18.2 Å². The van der Waals surface area contributed by atoms with E-state index < -0.39 is 0 Å². The SMILES string of the molecule is CN(CCCBr)C(=O)c1ccc(F)cc1Br. The van der Waals surface area contributed by atoms with Crippen LogP contribution < -0.4 is 0 Å². The van der Waals surface area contributed by atoms with Crippen molar-refractivity contribution in [2.45, 2.75) is 6.42 Å². The molecule has 5 heteroatoms. The Balaban J connectivity index is 2.79. The molecule has 1 rings (SSSR count). The highest BCUT2D eigenvalue weighted by Gasteiger charge is 2.14. The number of halogens is 3. The van der Waals surface area contributed by atoms with E-state index in [0.717, 1.165) is 11.8 Å². The normalized spacial score (nSPS) is 10.2. The number of rotatable bonds is 4. The second-order valence-electron chi connectivity index (χ2n) is 3.39. The summed E-state index contributed by atoms with van der Waals surface area (Å²) in [7, 11) is 1.74. The monoisotopic (exact) mass is 351 g/mol. The van der Waals surface area contributed by atoms with Crippen LogP contribution in [-0.4, -0.2) is 29.7 Å². The van der Waals surface area contributed by atoms with Crippen molar-refractivity contribution in [2.24, 2.45) is 0 Å². The van der Waals surface area contributed by atoms with Gasteiger partial charge < -0.3 is 4.90 Å². The Labute approximate surface area is 111 Å². The number of hydrogen-bond acceptors (Lipinski definition) is 1. The second kappa shape index (κ2) is 6.35. The lowest BCUT2D eigenvalue weighted by atomic mass is 10.2. The predicted molar refractivity (Wildman–Crippen MR) is 69.5 cm³/mol. The summed E-state index contributed by atoms with van der Waals surface area (Å²) >= 11 is 6.50. The minimum atomic E-state index is -0.355. The fourth-order valence-electron chi connectivity index (χ4n) is 1.27. The number of nitrogens with zero attached hydrogens (tertiary/aromatic N) is 1. The Hall–Kier alpha value is -0.420. The third-order valence-electron chi connectivity index (χ3n) is 2.14. The molecule has 0 saturated carbocycles. The van der Waals surface area contributed by atoms with Gasteiger partial charge in [-0.15, -0.1) is 0 Å². The van der Waals surface area contributed by atoms with Gasteiger partial charge in [-0.1, -0.05) is 15.9 Å². The molecular weight excluding hydrogens is 341 g/mol. The van der Waals surface area contributed by atoms with Gasteiger partial charge in [-0.05, 0) is 40.5 Å². The Bertz CT molecular complexity index is 384. The Morgan fingerprint density at radius 3 is 2.75 bits per heavy atom. The number of carbonyl (C=O) groups excluding carboxylic acids is 1. The molecule has 0 N–H and O–H groups in total. The Morgan fingerprint density at radius 1 is 1.50 bits per heavy atom. The largest absolute Gasteiger partial charge is 0.342 e. The first-order chi connectivity index (χ1) is 7.56. The highest BCUT2D eigenvalue weighted by Crippen LogP contribution is 2.19. The average molecular weight is 353 g/mol. The van der Waals surface area contributed by atoms with E-state index in [-0.39, 0.29) is 11.7 Å². The van der Waals surface area contributed by atoms with Crippen molar-refractivity contribution >= 4 is 37.8 Å². The van der Waals surface area contributed by atoms with Gasteiger partial charge in [-0.2, -0.15) is 0 Å². The summed E-state index contributed by atoms with van der Waals surface area (Å²) in [5, 5.41) is 0.856. The Morgan fingerprint density at radius 2 is 2.19 bits per heavy atom. The van der Waals surface area contributed by atoms with Gasteiger partial charge in [0.05, 0.1) is 5.56 Å². The highest BCUT2D eigenvalue weighted by atomic mass is 79.9. The van der Waals surface area contributed by atoms with Gasteiger partial charge in [0.2, 0.25) is 0 Å². The van der Waals surface area contributed by atoms with Crippen LogP contribution in [0.3, 0.4) is 0 Å². The summed E-state index contributed by atoms with van der Waals surface area (Å²) < 4.78 is 13.3. The van der Waals surface area contributed by atoms with Crippen molar-refractivity contribution in [1.29, 1.82) is 0 Å². The van der Waals surface area contributed by atoms with E-state index in [0.29, 0.717) is 16.6 Å². The van der Waals surface area contributed by atoms with E-state index >= 15 is 0 Å². The quantitative estimate of drug-likeness (QED) is 0.760. The van der Waals surface area contributed by atoms with Crippen molar-refractivity contribution in [3.05, 3.63) is 34.1 Å². The number of alkyl halides is 1. The zero-order valence-corrected chi connectivity index (χ0v) is 12.0. The predicted octanol–water partition coefficient (Wildman–Crippen LogP) is 3.45. The molecule has 0 spiro atoms. The Kier molecular flexibility index (Phi) is 5.41. The van der Waals surface area contributed by atoms with Gasteiger partial charge in [-0.25, -0.2) is 4.39 Å². The molecule has 1 aromatic rings. The van der Waals surface area contributed by atoms with Crippen LogP contribution in [0.5, 0.6) is 0 Å². The maximum Gasteiger partial charge on any atom is 0.254 e. The van der Waals surface area contributed by atoms with Crippen LogP contribution in [0.2, 0.25) is 0 Å². The summed E-state index contributed by atoms with van der Waals surface area (Å²) in [6.07, 6.45) is 0.890. The minimum absolute atomic E-state index is 0.104. The molecule has 0 aliphatic carbocycles. The molecule has 0 atom stereocenters. The van der Waals surface area contributed by atoms with Crippen LogP contribution in [-0.2, 0) is 0 Å². The van der Waals surface area contributed by atoms with Crippen molar-refractivity contribution < 1.29 is 9.18 Å². The molecule has 0 saturated heterocycles. The molecule has 1 amide bonds. The van der Waals surface area contributed by atoms with Gasteiger partial charge in [0, 0.05) is 23.4 Å². The van der Waals surface area contributed by atoms with E-state index in [4.69, 9.17) is 0 Å². The van der Waals surface area contributed by atoms with E-state index in [2.05, 4.69) is 31.9 Å². The van der Waals surface area contributed by atoms with Crippen LogP contribution in [0.25, 0.3) is 0 Å². The first kappa shape index (κ1) is 13.6. The van der Waals surface area contributed by atoms with Gasteiger partial charge in [0.25, 0.3) is 5.91 Å². The molecule has 0 aromatic heterocycles. The molecule has 1 aromatic carbocycles. The molecule has 0 radical (unpaired) electrons. The first-order valence-electron chi connectivity index (χ1n) is 4.82. The number of amides is 1. The van der Waals surface area contributed by atoms with Crippen LogP contribution in [0.1, 0.15) is 16.8 Å². The van der Waals surface area contributed by atoms with E-state index in [1.807, 2.05) is 0 Å². The summed E-state index contributed by atoms with van der Waals surface area (Å²) in [6, 6.07) is 4.08. The third-order valence-corrected chi connectivity index (χ3v) is 3.35. The fourth-order valence-corrected chi connectivity index (χ4v) is 2.04. The number of hydrogen-bond donors (Lipinski definition) is 0. The maximum absolute atomic E-state index is 12.9. The molecule has 16 heavy (non-hydrogen) atoms. The molecule has 0 aliphatic heterocycles. The number of benzene rings is 1. The lowest BCUT2D eigenvalue weighted by Gasteiger charge is -2.17. The lowest BCUT2D eigenvalue weighted by molar-refractivity contribution is 0.0794. The molecule has 0 bridgehead atoms. The minimum Gasteiger partial charge on any atom is -0.342 e. The maximum atomic E-state index is 12.9. The zero-order valence-electron chi connectivity index (χ0n) is 8.84. The van der Waals surface area contributed by atoms with Crippen molar-refractivity contribution in [2.75, 3.05) is 18.9 Å². The number of carbonyl (C=O) groups is 1. The molecule has 0 heterocycles. The van der Waals surface area contributed by atoms with E-state index in [1.54, 1.807) is 11.9 Å². The fraction of sp³-hybridized carbons (Fsp3) is 0.364. The standard InChI is InChI=1S/C11H12Br2FNO/c1-15(6-2-5-12)11(16)9-4-3-8(14)7-10(9)13/h3-4,7H,2,5-6H2,1H3. The van der Waals surface area contributed by atoms with Crippen LogP contribution in [0, 0.1) is 5.82 Å². The molecule has 88 valence electrons. The summed E-state index contributed by atoms with van der Waals surface area (Å²) in [5.74, 6) is -0.459. The van der Waals surface area contributed by atoms with Gasteiger partial charge >= 0.3 is 0 Å². The highest BCUT2D eigenvalue weighted by molar-refractivity contribution is 9.10. The van der Waals surface area contributed by atoms with Crippen LogP contribution >= 0.6 is 31.9 Å². The topological polar surface area (TPSA) is 20.3 Å². The third kappa shape index (κ3) is 3.56. The average Bonchev–Trinajstić information content (AvgIpc) is 2.25. The van der Waals surface area contributed by atoms with E-state index in [9.17, 15) is 9.18 Å². The lowest BCUT2D eigenvalue weighted by Crippen LogP contribution is -2.28. The van der Waals surface area contributed by atoms with Crippen molar-refractivity contribution in [1.82, 2.24) is 4.90 Å². The van der Waals surface area contributed by atoms with Gasteiger partial charge in [0.1, 0.15) is 5.82 Å². The second-order valence-corrected chi connectivity index (χ2v) is 5.04. The van der Waals surface area contributed by atoms with Crippen LogP contribution in [0.4, 0.5) is 4.39 Å². The molecule has 2 nitrogen and oxygen atoms in total. The molecule has 0 aliphatic rings. The molecule has 0 unspecified atom stereocenters. The summed E-state index contributed by atoms with van der Waals surface area (Å²) in [5.41, 5.74) is 0.485. The molecular formula is C11H12Br2FNO. The zero-order chi connectivity index (χ0) is 12.1. The van der Waals surface area contributed by atoms with Crippen molar-refractivity contribution in [3.8, 4) is 0 Å². The molecule has 0 fully saturated rings. The first-order valence-corrected chi connectivity index (χ1v) is 6.74. The van der Waals surface area contributed by atoms with Crippen LogP contribution in [0.15, 0.2) is 22.7 Å². The van der Waals surface area contributed by atoms with Gasteiger partial charge in [-0.3, -0.25) is 4.79 Å². The summed E-state index contributed by atoms with van der Waals surface area (Å²) in [4.78, 5) is 13.6. The smallest absolute Gasteiger partial charge is 0.254 e. The van der Waals surface area contributed by atoms with Gasteiger partial charge in [0.15, 0.2) is 0 Å². The van der Waals surface area contributed by atoms with Crippen molar-refractivity contribution in [3.63, 3.8) is 0 Å².